The molecule has 1 fully saturated rings. The molecule has 14 heteroatoms. The Morgan fingerprint density at radius 1 is 1.32 bits per heavy atom. The summed E-state index contributed by atoms with van der Waals surface area (Å²) in [5, 5.41) is 5.72. The van der Waals surface area contributed by atoms with Crippen LogP contribution < -0.4 is 21.1 Å². The molecule has 0 aliphatic carbocycles. The Morgan fingerprint density at radius 2 is 2.03 bits per heavy atom. The molecule has 5 N–H and O–H groups in total. The number of halogens is 3. The zero-order chi connectivity index (χ0) is 24.7. The lowest BCUT2D eigenvalue weighted by molar-refractivity contribution is -0.138. The number of fused-ring (bicyclic) bond motifs is 1. The quantitative estimate of drug-likeness (QED) is 0.494. The van der Waals surface area contributed by atoms with Gasteiger partial charge in [-0.2, -0.15) is 17.5 Å². The van der Waals surface area contributed by atoms with Crippen LogP contribution in [0.3, 0.4) is 0 Å². The summed E-state index contributed by atoms with van der Waals surface area (Å²) in [6, 6.07) is 4.27. The van der Waals surface area contributed by atoms with Crippen LogP contribution in [0.4, 0.5) is 24.7 Å². The van der Waals surface area contributed by atoms with Crippen molar-refractivity contribution in [3.8, 4) is 5.75 Å². The van der Waals surface area contributed by atoms with E-state index in [9.17, 15) is 21.6 Å². The lowest BCUT2D eigenvalue weighted by Gasteiger charge is -2.32. The summed E-state index contributed by atoms with van der Waals surface area (Å²) in [5.41, 5.74) is 3.92. The number of anilines is 2. The number of aromatic nitrogens is 1. The maximum Gasteiger partial charge on any atom is 0.418 e. The number of nitrogens with two attached hydrogens (primary N) is 1. The minimum atomic E-state index is -4.60. The summed E-state index contributed by atoms with van der Waals surface area (Å²) in [5.74, 6) is 0.348. The van der Waals surface area contributed by atoms with Crippen LogP contribution in [0.15, 0.2) is 34.3 Å². The highest BCUT2D eigenvalue weighted by molar-refractivity contribution is 7.89. The molecule has 0 radical (unpaired) electrons. The number of benzene rings is 1. The molecule has 2 aliphatic heterocycles. The standard InChI is InChI=1S/C20H25F3N6O4S/c1-3-19(24)16-13(20(21,22)23)11-25-17(16)27-18(28-19)26-14-5-4-12(10-15(14)32-2)34(30,31)29-6-8-33-9-7-29/h4-5,10-11,25H,3,6-9,24H2,1-2H3,(H2,26,27,28). The number of alkyl halides is 3. The molecule has 1 aromatic carbocycles. The molecule has 34 heavy (non-hydrogen) atoms. The fraction of sp³-hybridized carbons (Fsp3) is 0.450. The maximum absolute atomic E-state index is 13.5. The van der Waals surface area contributed by atoms with Gasteiger partial charge in [0.05, 0.1) is 36.5 Å². The van der Waals surface area contributed by atoms with Gasteiger partial charge in [0, 0.05) is 30.9 Å². The van der Waals surface area contributed by atoms with Crippen LogP contribution in [0.1, 0.15) is 24.5 Å². The predicted molar refractivity (Wildman–Crippen MR) is 119 cm³/mol. The molecule has 0 saturated carbocycles. The van der Waals surface area contributed by atoms with E-state index in [-0.39, 0.29) is 47.5 Å². The van der Waals surface area contributed by atoms with Crippen molar-refractivity contribution in [3.63, 3.8) is 0 Å². The van der Waals surface area contributed by atoms with Crippen LogP contribution >= 0.6 is 0 Å². The van der Waals surface area contributed by atoms with E-state index in [1.54, 1.807) is 6.92 Å². The SMILES string of the molecule is CCC1(N)N=C(Nc2ccc(S(=O)(=O)N3CCOCC3)cc2OC)Nc2[nH]cc(C(F)(F)F)c21. The van der Waals surface area contributed by atoms with Gasteiger partial charge in [-0.15, -0.1) is 0 Å². The number of aliphatic imine (C=N–C) groups is 1. The van der Waals surface area contributed by atoms with Crippen molar-refractivity contribution >= 4 is 27.5 Å². The van der Waals surface area contributed by atoms with Gasteiger partial charge < -0.3 is 30.8 Å². The van der Waals surface area contributed by atoms with E-state index < -0.39 is 27.4 Å². The zero-order valence-corrected chi connectivity index (χ0v) is 19.3. The van der Waals surface area contributed by atoms with E-state index in [0.717, 1.165) is 6.20 Å². The number of sulfonamides is 1. The molecular formula is C20H25F3N6O4S. The molecule has 0 bridgehead atoms. The van der Waals surface area contributed by atoms with Crippen molar-refractivity contribution in [1.82, 2.24) is 9.29 Å². The number of hydrogen-bond acceptors (Lipinski definition) is 8. The Kier molecular flexibility index (Phi) is 6.27. The summed E-state index contributed by atoms with van der Waals surface area (Å²) in [4.78, 5) is 6.91. The summed E-state index contributed by atoms with van der Waals surface area (Å²) in [6.45, 7) is 2.76. The number of methoxy groups -OCH3 is 1. The number of nitrogens with one attached hydrogen (secondary N) is 3. The Morgan fingerprint density at radius 3 is 2.65 bits per heavy atom. The van der Waals surface area contributed by atoms with Gasteiger partial charge in [-0.1, -0.05) is 6.92 Å². The average molecular weight is 503 g/mol. The van der Waals surface area contributed by atoms with E-state index in [0.29, 0.717) is 18.9 Å². The zero-order valence-electron chi connectivity index (χ0n) is 18.5. The highest BCUT2D eigenvalue weighted by Gasteiger charge is 2.44. The van der Waals surface area contributed by atoms with Crippen molar-refractivity contribution in [2.45, 2.75) is 30.1 Å². The second-order valence-electron chi connectivity index (χ2n) is 7.82. The van der Waals surface area contributed by atoms with E-state index in [1.807, 2.05) is 0 Å². The normalized spacial score (nSPS) is 21.4. The van der Waals surface area contributed by atoms with Gasteiger partial charge in [-0.05, 0) is 18.6 Å². The highest BCUT2D eigenvalue weighted by Crippen LogP contribution is 2.43. The summed E-state index contributed by atoms with van der Waals surface area (Å²) in [7, 11) is -2.38. The second-order valence-corrected chi connectivity index (χ2v) is 9.75. The van der Waals surface area contributed by atoms with Gasteiger partial charge in [0.1, 0.15) is 17.2 Å². The third kappa shape index (κ3) is 4.33. The van der Waals surface area contributed by atoms with Crippen LogP contribution in [0, 0.1) is 0 Å². The molecule has 4 rings (SSSR count). The number of morpholine rings is 1. The first kappa shape index (κ1) is 24.3. The van der Waals surface area contributed by atoms with Gasteiger partial charge in [0.15, 0.2) is 0 Å². The lowest BCUT2D eigenvalue weighted by atomic mass is 9.94. The number of H-pyrrole nitrogens is 1. The Bertz CT molecular complexity index is 1210. The van der Waals surface area contributed by atoms with Crippen molar-refractivity contribution in [1.29, 1.82) is 0 Å². The third-order valence-corrected chi connectivity index (χ3v) is 7.64. The van der Waals surface area contributed by atoms with Gasteiger partial charge in [-0.25, -0.2) is 13.4 Å². The average Bonchev–Trinajstić information content (AvgIpc) is 3.25. The largest absolute Gasteiger partial charge is 0.495 e. The minimum Gasteiger partial charge on any atom is -0.495 e. The minimum absolute atomic E-state index is 0.0403. The number of ether oxygens (including phenoxy) is 2. The van der Waals surface area contributed by atoms with E-state index in [4.69, 9.17) is 15.2 Å². The van der Waals surface area contributed by atoms with Crippen molar-refractivity contribution in [2.24, 2.45) is 10.7 Å². The first-order chi connectivity index (χ1) is 16.0. The predicted octanol–water partition coefficient (Wildman–Crippen LogP) is 2.48. The third-order valence-electron chi connectivity index (χ3n) is 5.75. The van der Waals surface area contributed by atoms with Crippen molar-refractivity contribution < 1.29 is 31.1 Å². The van der Waals surface area contributed by atoms with Crippen LogP contribution in [0.2, 0.25) is 0 Å². The molecule has 0 spiro atoms. The first-order valence-corrected chi connectivity index (χ1v) is 11.9. The molecule has 1 saturated heterocycles. The Balaban J connectivity index is 1.64. The van der Waals surface area contributed by atoms with Gasteiger partial charge in [0.2, 0.25) is 16.0 Å². The van der Waals surface area contributed by atoms with Crippen LogP contribution in [-0.2, 0) is 26.6 Å². The van der Waals surface area contributed by atoms with Crippen molar-refractivity contribution in [3.05, 3.63) is 35.5 Å². The molecule has 1 aromatic heterocycles. The summed E-state index contributed by atoms with van der Waals surface area (Å²) >= 11 is 0. The lowest BCUT2D eigenvalue weighted by Crippen LogP contribution is -2.43. The van der Waals surface area contributed by atoms with Gasteiger partial charge in [0.25, 0.3) is 0 Å². The Hall–Kier alpha value is -2.81. The number of guanidine groups is 1. The number of rotatable bonds is 5. The molecule has 1 unspecified atom stereocenters. The summed E-state index contributed by atoms with van der Waals surface area (Å²) in [6.07, 6.45) is -3.65. The van der Waals surface area contributed by atoms with E-state index in [2.05, 4.69) is 20.6 Å². The molecule has 186 valence electrons. The first-order valence-electron chi connectivity index (χ1n) is 10.5. The maximum atomic E-state index is 13.5. The topological polar surface area (TPSA) is 134 Å². The monoisotopic (exact) mass is 502 g/mol. The van der Waals surface area contributed by atoms with Gasteiger partial charge in [-0.3, -0.25) is 0 Å². The summed E-state index contributed by atoms with van der Waals surface area (Å²) < 4.78 is 78.2. The molecule has 2 aliphatic rings. The molecule has 3 heterocycles. The molecule has 0 amide bonds. The molecule has 1 atom stereocenters. The van der Waals surface area contributed by atoms with Crippen LogP contribution in [0.5, 0.6) is 5.75 Å². The van der Waals surface area contributed by atoms with Crippen molar-refractivity contribution in [2.75, 3.05) is 44.0 Å². The van der Waals surface area contributed by atoms with Gasteiger partial charge >= 0.3 is 6.18 Å². The van der Waals surface area contributed by atoms with E-state index >= 15 is 0 Å². The second kappa shape index (κ2) is 8.76. The number of nitrogens with zero attached hydrogens (tertiary/aromatic N) is 2. The smallest absolute Gasteiger partial charge is 0.418 e. The van der Waals surface area contributed by atoms with Crippen LogP contribution in [0.25, 0.3) is 0 Å². The fourth-order valence-electron chi connectivity index (χ4n) is 3.91. The van der Waals surface area contributed by atoms with E-state index in [1.165, 1.54) is 29.6 Å². The Labute approximate surface area is 194 Å². The van der Waals surface area contributed by atoms with Crippen LogP contribution in [-0.4, -0.2) is 57.1 Å². The number of hydrogen-bond donors (Lipinski definition) is 4. The fourth-order valence-corrected chi connectivity index (χ4v) is 5.33. The number of aromatic amines is 1. The molecule has 2 aromatic rings. The molecule has 10 nitrogen and oxygen atoms in total. The highest BCUT2D eigenvalue weighted by atomic mass is 32.2. The molecular weight excluding hydrogens is 477 g/mol.